The molecular weight excluding hydrogens is 442 g/mol. The van der Waals surface area contributed by atoms with E-state index in [1.807, 2.05) is 66.7 Å². The van der Waals surface area contributed by atoms with Gasteiger partial charge in [0.05, 0.1) is 22.5 Å². The molecule has 0 spiro atoms. The number of nitrogens with zero attached hydrogens (tertiary/aromatic N) is 3. The summed E-state index contributed by atoms with van der Waals surface area (Å²) in [6, 6.07) is 22.6. The number of amides is 1. The monoisotopic (exact) mass is 459 g/mol. The number of rotatable bonds is 3. The number of anilines is 1. The van der Waals surface area contributed by atoms with Gasteiger partial charge in [-0.2, -0.15) is 0 Å². The summed E-state index contributed by atoms with van der Waals surface area (Å²) in [5.41, 5.74) is 3.08. The van der Waals surface area contributed by atoms with Crippen LogP contribution < -0.4 is 10.5 Å². The number of carbonyl (C=O) groups is 1. The minimum atomic E-state index is -0.398. The van der Waals surface area contributed by atoms with E-state index in [2.05, 4.69) is 15.9 Å². The molecule has 0 unspecified atom stereocenters. The van der Waals surface area contributed by atoms with Crippen LogP contribution in [0.2, 0.25) is 0 Å². The van der Waals surface area contributed by atoms with Crippen LogP contribution >= 0.6 is 15.9 Å². The molecule has 1 atom stereocenters. The van der Waals surface area contributed by atoms with Crippen molar-refractivity contribution in [2.24, 2.45) is 0 Å². The van der Waals surface area contributed by atoms with Crippen LogP contribution in [0.15, 0.2) is 82.1 Å². The Balaban J connectivity index is 1.71. The number of hydrogen-bond acceptors (Lipinski definition) is 3. The number of para-hydroxylation sites is 2. The van der Waals surface area contributed by atoms with E-state index >= 15 is 0 Å². The molecule has 5 rings (SSSR count). The Morgan fingerprint density at radius 1 is 0.967 bits per heavy atom. The lowest BCUT2D eigenvalue weighted by Gasteiger charge is -2.16. The lowest BCUT2D eigenvalue weighted by atomic mass is 9.96. The fourth-order valence-electron chi connectivity index (χ4n) is 4.13. The van der Waals surface area contributed by atoms with Gasteiger partial charge < -0.3 is 4.90 Å². The van der Waals surface area contributed by atoms with Gasteiger partial charge in [-0.3, -0.25) is 14.2 Å². The van der Waals surface area contributed by atoms with Crippen molar-refractivity contribution < 1.29 is 4.79 Å². The Bertz CT molecular complexity index is 1350. The Morgan fingerprint density at radius 2 is 1.70 bits per heavy atom. The lowest BCUT2D eigenvalue weighted by Crippen LogP contribution is -2.28. The Morgan fingerprint density at radius 3 is 2.50 bits per heavy atom. The topological polar surface area (TPSA) is 55.2 Å². The average molecular weight is 460 g/mol. The van der Waals surface area contributed by atoms with Crippen LogP contribution in [0, 0.1) is 0 Å². The van der Waals surface area contributed by atoms with E-state index in [0.717, 1.165) is 21.4 Å². The summed E-state index contributed by atoms with van der Waals surface area (Å²) in [4.78, 5) is 32.9. The summed E-state index contributed by atoms with van der Waals surface area (Å²) in [6.07, 6.45) is 0.335. The number of benzene rings is 3. The quantitative estimate of drug-likeness (QED) is 0.454. The zero-order chi connectivity index (χ0) is 20.8. The van der Waals surface area contributed by atoms with Crippen molar-refractivity contribution in [3.8, 4) is 5.69 Å². The summed E-state index contributed by atoms with van der Waals surface area (Å²) < 4.78 is 2.55. The molecule has 4 aromatic rings. The number of likely N-dealkylation sites (N-methyl/N-ethyl adjacent to an activating group) is 1. The first kappa shape index (κ1) is 18.8. The van der Waals surface area contributed by atoms with Crippen LogP contribution in [-0.4, -0.2) is 22.5 Å². The maximum absolute atomic E-state index is 13.4. The first-order valence-electron chi connectivity index (χ1n) is 9.67. The number of hydrogen-bond donors (Lipinski definition) is 0. The molecule has 0 fully saturated rings. The predicted octanol–water partition coefficient (Wildman–Crippen LogP) is 4.45. The molecule has 0 radical (unpaired) electrons. The molecule has 1 aliphatic heterocycles. The van der Waals surface area contributed by atoms with Crippen molar-refractivity contribution in [3.63, 3.8) is 0 Å². The van der Waals surface area contributed by atoms with Crippen LogP contribution in [0.3, 0.4) is 0 Å². The second-order valence-electron chi connectivity index (χ2n) is 7.38. The molecule has 3 aromatic carbocycles. The largest absolute Gasteiger partial charge is 0.315 e. The normalized spacial score (nSPS) is 15.6. The van der Waals surface area contributed by atoms with Crippen molar-refractivity contribution in [3.05, 3.63) is 99.0 Å². The van der Waals surface area contributed by atoms with E-state index in [1.165, 1.54) is 0 Å². The highest BCUT2D eigenvalue weighted by atomic mass is 79.9. The van der Waals surface area contributed by atoms with Crippen molar-refractivity contribution in [2.75, 3.05) is 11.9 Å². The van der Waals surface area contributed by atoms with Gasteiger partial charge in [-0.1, -0.05) is 46.3 Å². The molecular formula is C24H18BrN3O2. The summed E-state index contributed by atoms with van der Waals surface area (Å²) >= 11 is 3.51. The van der Waals surface area contributed by atoms with E-state index in [0.29, 0.717) is 23.1 Å². The van der Waals surface area contributed by atoms with Crippen LogP contribution in [0.25, 0.3) is 16.6 Å². The molecule has 30 heavy (non-hydrogen) atoms. The molecule has 0 bridgehead atoms. The third-order valence-corrected chi connectivity index (χ3v) is 6.09. The second-order valence-corrected chi connectivity index (χ2v) is 8.29. The maximum Gasteiger partial charge on any atom is 0.265 e. The highest BCUT2D eigenvalue weighted by Crippen LogP contribution is 2.39. The van der Waals surface area contributed by atoms with Crippen LogP contribution in [-0.2, 0) is 11.2 Å². The minimum Gasteiger partial charge on any atom is -0.315 e. The second kappa shape index (κ2) is 7.22. The summed E-state index contributed by atoms with van der Waals surface area (Å²) in [7, 11) is 1.78. The van der Waals surface area contributed by atoms with Gasteiger partial charge in [-0.05, 0) is 48.0 Å². The van der Waals surface area contributed by atoms with E-state index in [1.54, 1.807) is 22.6 Å². The third-order valence-electron chi connectivity index (χ3n) is 5.60. The molecule has 0 N–H and O–H groups in total. The van der Waals surface area contributed by atoms with Crippen LogP contribution in [0.1, 0.15) is 17.3 Å². The smallest absolute Gasteiger partial charge is 0.265 e. The number of aromatic nitrogens is 2. The standard InChI is InChI=1S/C24H18BrN3O2/c1-27-21-12-11-15(25)13-18(21)19(23(27)29)14-22-26-20-10-6-5-9-17(20)24(30)28(22)16-7-3-2-4-8-16/h2-13,19H,14H2,1H3/t19-/m0/s1. The van der Waals surface area contributed by atoms with E-state index in [9.17, 15) is 9.59 Å². The Kier molecular flexibility index (Phi) is 4.51. The highest BCUT2D eigenvalue weighted by molar-refractivity contribution is 9.10. The number of halogens is 1. The molecule has 1 aromatic heterocycles. The summed E-state index contributed by atoms with van der Waals surface area (Å²) in [5, 5.41) is 0.558. The maximum atomic E-state index is 13.4. The van der Waals surface area contributed by atoms with Crippen molar-refractivity contribution >= 4 is 38.4 Å². The highest BCUT2D eigenvalue weighted by Gasteiger charge is 2.36. The van der Waals surface area contributed by atoms with Gasteiger partial charge in [0, 0.05) is 23.6 Å². The molecule has 0 saturated carbocycles. The molecule has 1 amide bonds. The molecule has 1 aliphatic rings. The fraction of sp³-hybridized carbons (Fsp3) is 0.125. The number of fused-ring (bicyclic) bond motifs is 2. The van der Waals surface area contributed by atoms with Crippen LogP contribution in [0.5, 0.6) is 0 Å². The van der Waals surface area contributed by atoms with Gasteiger partial charge in [0.1, 0.15) is 5.82 Å². The lowest BCUT2D eigenvalue weighted by molar-refractivity contribution is -0.119. The first-order valence-corrected chi connectivity index (χ1v) is 10.5. The molecule has 5 nitrogen and oxygen atoms in total. The van der Waals surface area contributed by atoms with Crippen LogP contribution in [0.4, 0.5) is 5.69 Å². The van der Waals surface area contributed by atoms with Gasteiger partial charge >= 0.3 is 0 Å². The van der Waals surface area contributed by atoms with Gasteiger partial charge in [-0.25, -0.2) is 4.98 Å². The fourth-order valence-corrected chi connectivity index (χ4v) is 4.51. The third kappa shape index (κ3) is 2.95. The van der Waals surface area contributed by atoms with Crippen molar-refractivity contribution in [1.82, 2.24) is 9.55 Å². The minimum absolute atomic E-state index is 0.00474. The summed E-state index contributed by atoms with van der Waals surface area (Å²) in [5.74, 6) is 0.181. The molecule has 148 valence electrons. The van der Waals surface area contributed by atoms with Gasteiger partial charge in [-0.15, -0.1) is 0 Å². The Labute approximate surface area is 181 Å². The van der Waals surface area contributed by atoms with Crippen molar-refractivity contribution in [1.29, 1.82) is 0 Å². The molecule has 0 aliphatic carbocycles. The molecule has 0 saturated heterocycles. The summed E-state index contributed by atoms with van der Waals surface area (Å²) in [6.45, 7) is 0. The van der Waals surface area contributed by atoms with Gasteiger partial charge in [0.25, 0.3) is 5.56 Å². The zero-order valence-corrected chi connectivity index (χ0v) is 17.8. The Hall–Kier alpha value is -3.25. The van der Waals surface area contributed by atoms with E-state index < -0.39 is 5.92 Å². The van der Waals surface area contributed by atoms with Gasteiger partial charge in [0.15, 0.2) is 0 Å². The van der Waals surface area contributed by atoms with Gasteiger partial charge in [0.2, 0.25) is 5.91 Å². The molecule has 6 heteroatoms. The average Bonchev–Trinajstić information content (AvgIpc) is 2.99. The SMILES string of the molecule is CN1C(=O)[C@@H](Cc2nc3ccccc3c(=O)n2-c2ccccc2)c2cc(Br)ccc21. The van der Waals surface area contributed by atoms with E-state index in [4.69, 9.17) is 4.98 Å². The van der Waals surface area contributed by atoms with Crippen molar-refractivity contribution in [2.45, 2.75) is 12.3 Å². The number of carbonyl (C=O) groups excluding carboxylic acids is 1. The zero-order valence-electron chi connectivity index (χ0n) is 16.2. The van der Waals surface area contributed by atoms with E-state index in [-0.39, 0.29) is 11.5 Å². The molecule has 2 heterocycles. The first-order chi connectivity index (χ1) is 14.5. The predicted molar refractivity (Wildman–Crippen MR) is 121 cm³/mol.